The standard InChI is InChI=1S/C24H30N4O3S/c1-15(17-3-4-22(31)18(12-17)14-29)11-20(30)13-25-19-5-8-28(9-6-19)23-21-7-10-32-24(21)27-16(2)26-23/h3-4,7,10,12,19-20,25,29-31H,1,5-6,8-9,11,13-14H2,2H3. The summed E-state index contributed by atoms with van der Waals surface area (Å²) < 4.78 is 0. The summed E-state index contributed by atoms with van der Waals surface area (Å²) in [7, 11) is 0. The Bertz CT molecular complexity index is 1090. The number of nitrogens with zero attached hydrogens (tertiary/aromatic N) is 3. The molecular weight excluding hydrogens is 424 g/mol. The highest BCUT2D eigenvalue weighted by Gasteiger charge is 2.23. The molecule has 1 unspecified atom stereocenters. The molecule has 0 spiro atoms. The lowest BCUT2D eigenvalue weighted by Gasteiger charge is -2.34. The van der Waals surface area contributed by atoms with Crippen LogP contribution in [0.3, 0.4) is 0 Å². The van der Waals surface area contributed by atoms with Gasteiger partial charge in [0.15, 0.2) is 0 Å². The minimum atomic E-state index is -0.554. The van der Waals surface area contributed by atoms with Crippen molar-refractivity contribution in [3.8, 4) is 5.75 Å². The molecule has 3 aromatic rings. The normalized spacial score (nSPS) is 15.9. The number of rotatable bonds is 8. The van der Waals surface area contributed by atoms with E-state index in [-0.39, 0.29) is 12.4 Å². The zero-order valence-corrected chi connectivity index (χ0v) is 19.1. The van der Waals surface area contributed by atoms with Crippen LogP contribution in [0, 0.1) is 6.92 Å². The van der Waals surface area contributed by atoms with Crippen molar-refractivity contribution in [2.75, 3.05) is 24.5 Å². The molecule has 0 radical (unpaired) electrons. The summed E-state index contributed by atoms with van der Waals surface area (Å²) in [5, 5.41) is 36.2. The van der Waals surface area contributed by atoms with Gasteiger partial charge in [0.2, 0.25) is 0 Å². The van der Waals surface area contributed by atoms with E-state index in [2.05, 4.69) is 33.2 Å². The number of anilines is 1. The number of fused-ring (bicyclic) bond motifs is 1. The number of aromatic nitrogens is 2. The van der Waals surface area contributed by atoms with E-state index in [1.54, 1.807) is 29.5 Å². The maximum atomic E-state index is 10.5. The van der Waals surface area contributed by atoms with E-state index in [4.69, 9.17) is 4.98 Å². The molecule has 32 heavy (non-hydrogen) atoms. The van der Waals surface area contributed by atoms with E-state index in [0.717, 1.165) is 58.9 Å². The molecule has 0 saturated carbocycles. The highest BCUT2D eigenvalue weighted by Crippen LogP contribution is 2.30. The first kappa shape index (κ1) is 22.7. The smallest absolute Gasteiger partial charge is 0.141 e. The van der Waals surface area contributed by atoms with Gasteiger partial charge in [-0.05, 0) is 60.9 Å². The largest absolute Gasteiger partial charge is 0.508 e. The molecule has 1 saturated heterocycles. The summed E-state index contributed by atoms with van der Waals surface area (Å²) in [5.74, 6) is 1.90. The fraction of sp³-hybridized carbons (Fsp3) is 0.417. The molecule has 4 N–H and O–H groups in total. The zero-order chi connectivity index (χ0) is 22.7. The third kappa shape index (κ3) is 5.10. The molecule has 0 amide bonds. The van der Waals surface area contributed by atoms with Crippen LogP contribution < -0.4 is 10.2 Å². The Hall–Kier alpha value is -2.52. The summed E-state index contributed by atoms with van der Waals surface area (Å²) >= 11 is 1.65. The number of nitrogens with one attached hydrogen (secondary N) is 1. The second-order valence-corrected chi connectivity index (χ2v) is 9.26. The number of benzene rings is 1. The Kier molecular flexibility index (Phi) is 7.05. The first-order chi connectivity index (χ1) is 15.4. The zero-order valence-electron chi connectivity index (χ0n) is 18.3. The van der Waals surface area contributed by atoms with Crippen molar-refractivity contribution in [2.24, 2.45) is 0 Å². The van der Waals surface area contributed by atoms with Gasteiger partial charge in [0.1, 0.15) is 22.2 Å². The minimum Gasteiger partial charge on any atom is -0.508 e. The van der Waals surface area contributed by atoms with Crippen LogP contribution in [0.5, 0.6) is 5.75 Å². The Morgan fingerprint density at radius 3 is 2.81 bits per heavy atom. The topological polar surface area (TPSA) is 102 Å². The second-order valence-electron chi connectivity index (χ2n) is 8.37. The molecule has 0 bridgehead atoms. The van der Waals surface area contributed by atoms with Gasteiger partial charge >= 0.3 is 0 Å². The molecule has 1 aromatic carbocycles. The van der Waals surface area contributed by atoms with Crippen molar-refractivity contribution >= 4 is 32.9 Å². The number of thiophene rings is 1. The maximum Gasteiger partial charge on any atom is 0.141 e. The average molecular weight is 455 g/mol. The summed E-state index contributed by atoms with van der Waals surface area (Å²) in [6.07, 6.45) is 1.85. The van der Waals surface area contributed by atoms with E-state index in [9.17, 15) is 15.3 Å². The number of hydrogen-bond donors (Lipinski definition) is 4. The van der Waals surface area contributed by atoms with Crippen molar-refractivity contribution in [3.63, 3.8) is 0 Å². The number of aromatic hydroxyl groups is 1. The Labute approximate surface area is 192 Å². The van der Waals surface area contributed by atoms with Gasteiger partial charge in [0.25, 0.3) is 0 Å². The third-order valence-corrected chi connectivity index (χ3v) is 6.80. The number of aryl methyl sites for hydroxylation is 1. The monoisotopic (exact) mass is 454 g/mol. The number of piperidine rings is 1. The molecule has 7 nitrogen and oxygen atoms in total. The molecule has 1 fully saturated rings. The summed E-state index contributed by atoms with van der Waals surface area (Å²) in [5.41, 5.74) is 2.06. The van der Waals surface area contributed by atoms with Crippen LogP contribution in [-0.4, -0.2) is 57.1 Å². The van der Waals surface area contributed by atoms with Crippen molar-refractivity contribution in [3.05, 3.63) is 53.2 Å². The highest BCUT2D eigenvalue weighted by molar-refractivity contribution is 7.16. The van der Waals surface area contributed by atoms with E-state index < -0.39 is 6.10 Å². The lowest BCUT2D eigenvalue weighted by molar-refractivity contribution is 0.169. The number of aliphatic hydroxyl groups is 2. The molecule has 0 aliphatic carbocycles. The van der Waals surface area contributed by atoms with Gasteiger partial charge in [-0.25, -0.2) is 9.97 Å². The molecule has 2 aromatic heterocycles. The number of aliphatic hydroxyl groups excluding tert-OH is 2. The van der Waals surface area contributed by atoms with Gasteiger partial charge < -0.3 is 25.5 Å². The first-order valence-electron chi connectivity index (χ1n) is 10.9. The van der Waals surface area contributed by atoms with Crippen LogP contribution in [0.4, 0.5) is 5.82 Å². The highest BCUT2D eigenvalue weighted by atomic mass is 32.1. The van der Waals surface area contributed by atoms with Crippen LogP contribution in [0.15, 0.2) is 36.2 Å². The molecule has 8 heteroatoms. The fourth-order valence-corrected chi connectivity index (χ4v) is 4.99. The molecular formula is C24H30N4O3S. The maximum absolute atomic E-state index is 10.5. The second kappa shape index (κ2) is 9.95. The van der Waals surface area contributed by atoms with E-state index in [0.29, 0.717) is 24.6 Å². The molecule has 1 aliphatic heterocycles. The number of hydrogen-bond acceptors (Lipinski definition) is 8. The van der Waals surface area contributed by atoms with Crippen LogP contribution >= 0.6 is 11.3 Å². The average Bonchev–Trinajstić information content (AvgIpc) is 3.26. The molecule has 4 rings (SSSR count). The molecule has 1 aliphatic rings. The lowest BCUT2D eigenvalue weighted by Crippen LogP contribution is -2.45. The summed E-state index contributed by atoms with van der Waals surface area (Å²) in [4.78, 5) is 12.6. The predicted molar refractivity (Wildman–Crippen MR) is 129 cm³/mol. The van der Waals surface area contributed by atoms with E-state index >= 15 is 0 Å². The van der Waals surface area contributed by atoms with Crippen LogP contribution in [0.25, 0.3) is 15.8 Å². The minimum absolute atomic E-state index is 0.0643. The quantitative estimate of drug-likeness (QED) is 0.415. The van der Waals surface area contributed by atoms with Crippen molar-refractivity contribution in [1.29, 1.82) is 0 Å². The van der Waals surface area contributed by atoms with Crippen LogP contribution in [-0.2, 0) is 6.61 Å². The predicted octanol–water partition coefficient (Wildman–Crippen LogP) is 3.22. The summed E-state index contributed by atoms with van der Waals surface area (Å²) in [6.45, 7) is 8.10. The molecule has 3 heterocycles. The third-order valence-electron chi connectivity index (χ3n) is 5.99. The summed E-state index contributed by atoms with van der Waals surface area (Å²) in [6, 6.07) is 7.47. The molecule has 1 atom stereocenters. The van der Waals surface area contributed by atoms with Crippen LogP contribution in [0.2, 0.25) is 0 Å². The Morgan fingerprint density at radius 2 is 2.06 bits per heavy atom. The van der Waals surface area contributed by atoms with Crippen molar-refractivity contribution in [1.82, 2.24) is 15.3 Å². The fourth-order valence-electron chi connectivity index (χ4n) is 4.19. The van der Waals surface area contributed by atoms with Crippen molar-refractivity contribution in [2.45, 2.75) is 44.9 Å². The number of phenols is 1. The van der Waals surface area contributed by atoms with Gasteiger partial charge in [-0.1, -0.05) is 12.6 Å². The van der Waals surface area contributed by atoms with E-state index in [1.165, 1.54) is 0 Å². The van der Waals surface area contributed by atoms with Gasteiger partial charge in [-0.15, -0.1) is 11.3 Å². The lowest BCUT2D eigenvalue weighted by atomic mass is 9.98. The van der Waals surface area contributed by atoms with Crippen LogP contribution in [0.1, 0.15) is 36.2 Å². The SMILES string of the molecule is C=C(CC(O)CNC1CCN(c2nc(C)nc3sccc23)CC1)c1ccc(O)c(CO)c1. The molecule has 170 valence electrons. The Morgan fingerprint density at radius 1 is 1.28 bits per heavy atom. The Balaban J connectivity index is 1.26. The first-order valence-corrected chi connectivity index (χ1v) is 11.8. The van der Waals surface area contributed by atoms with Gasteiger partial charge in [0.05, 0.1) is 18.1 Å². The van der Waals surface area contributed by atoms with E-state index in [1.807, 2.05) is 6.92 Å². The van der Waals surface area contributed by atoms with Gasteiger partial charge in [-0.2, -0.15) is 0 Å². The van der Waals surface area contributed by atoms with Gasteiger partial charge in [-0.3, -0.25) is 0 Å². The van der Waals surface area contributed by atoms with Gasteiger partial charge in [0, 0.05) is 31.2 Å². The van der Waals surface area contributed by atoms with Crippen molar-refractivity contribution < 1.29 is 15.3 Å².